The van der Waals surface area contributed by atoms with E-state index < -0.39 is 0 Å². The van der Waals surface area contributed by atoms with Crippen LogP contribution in [0.5, 0.6) is 0 Å². The third-order valence-electron chi connectivity index (χ3n) is 2.85. The van der Waals surface area contributed by atoms with Gasteiger partial charge in [-0.25, -0.2) is 0 Å². The van der Waals surface area contributed by atoms with Crippen LogP contribution < -0.4 is 5.32 Å². The second-order valence-corrected chi connectivity index (χ2v) is 5.35. The average molecular weight is 316 g/mol. The van der Waals surface area contributed by atoms with Gasteiger partial charge in [0.2, 0.25) is 0 Å². The Bertz CT molecular complexity index is 558. The Labute approximate surface area is 127 Å². The number of halogens is 3. The van der Waals surface area contributed by atoms with Crippen molar-refractivity contribution in [1.82, 2.24) is 10.3 Å². The highest BCUT2D eigenvalue weighted by atomic mass is 35.5. The number of nitrogens with zero attached hydrogens (tertiary/aromatic N) is 1. The fourth-order valence-electron chi connectivity index (χ4n) is 1.75. The summed E-state index contributed by atoms with van der Waals surface area (Å²) in [5.74, 6) is 0. The van der Waals surface area contributed by atoms with Crippen LogP contribution in [0.1, 0.15) is 24.2 Å². The van der Waals surface area contributed by atoms with Crippen molar-refractivity contribution < 1.29 is 0 Å². The molecular formula is C14H13Cl3N2. The van der Waals surface area contributed by atoms with Gasteiger partial charge < -0.3 is 5.32 Å². The number of benzene rings is 1. The van der Waals surface area contributed by atoms with Crippen molar-refractivity contribution in [3.8, 4) is 0 Å². The summed E-state index contributed by atoms with van der Waals surface area (Å²) in [6.45, 7) is 2.69. The lowest BCUT2D eigenvalue weighted by atomic mass is 10.1. The molecule has 5 heteroatoms. The summed E-state index contributed by atoms with van der Waals surface area (Å²) in [5, 5.41) is 4.71. The van der Waals surface area contributed by atoms with E-state index in [4.69, 9.17) is 34.8 Å². The first kappa shape index (κ1) is 14.6. The SMILES string of the molecule is CC(NCc1ccccn1)c1ccc(Cl)c(Cl)c1Cl. The second kappa shape index (κ2) is 6.58. The lowest BCUT2D eigenvalue weighted by Crippen LogP contribution is -2.19. The minimum atomic E-state index is 0.0595. The minimum absolute atomic E-state index is 0.0595. The van der Waals surface area contributed by atoms with Gasteiger partial charge in [-0.3, -0.25) is 4.98 Å². The van der Waals surface area contributed by atoms with Crippen LogP contribution in [0.3, 0.4) is 0 Å². The van der Waals surface area contributed by atoms with Gasteiger partial charge in [0, 0.05) is 18.8 Å². The molecule has 2 rings (SSSR count). The van der Waals surface area contributed by atoms with E-state index in [0.29, 0.717) is 21.6 Å². The third kappa shape index (κ3) is 3.61. The Kier molecular flexibility index (Phi) is 5.06. The maximum Gasteiger partial charge on any atom is 0.0781 e. The molecule has 0 spiro atoms. The Hall–Kier alpha value is -0.800. The fraction of sp³-hybridized carbons (Fsp3) is 0.214. The van der Waals surface area contributed by atoms with Gasteiger partial charge in [-0.15, -0.1) is 0 Å². The largest absolute Gasteiger partial charge is 0.305 e. The van der Waals surface area contributed by atoms with Crippen molar-refractivity contribution in [2.24, 2.45) is 0 Å². The van der Waals surface area contributed by atoms with Crippen LogP contribution in [0.15, 0.2) is 36.5 Å². The van der Waals surface area contributed by atoms with E-state index in [-0.39, 0.29) is 6.04 Å². The van der Waals surface area contributed by atoms with Crippen molar-refractivity contribution >= 4 is 34.8 Å². The minimum Gasteiger partial charge on any atom is -0.305 e. The van der Waals surface area contributed by atoms with Crippen molar-refractivity contribution in [3.63, 3.8) is 0 Å². The third-order valence-corrected chi connectivity index (χ3v) is 4.16. The number of aromatic nitrogens is 1. The smallest absolute Gasteiger partial charge is 0.0781 e. The molecule has 0 aliphatic heterocycles. The number of pyridine rings is 1. The molecule has 0 saturated heterocycles. The van der Waals surface area contributed by atoms with Gasteiger partial charge in [-0.05, 0) is 30.7 Å². The standard InChI is InChI=1S/C14H13Cl3N2/c1-9(19-8-10-4-2-3-7-18-10)11-5-6-12(15)14(17)13(11)16/h2-7,9,19H,8H2,1H3. The molecule has 1 heterocycles. The van der Waals surface area contributed by atoms with Crippen LogP contribution in [-0.2, 0) is 6.54 Å². The van der Waals surface area contributed by atoms with E-state index in [1.165, 1.54) is 0 Å². The van der Waals surface area contributed by atoms with Gasteiger partial charge in [-0.2, -0.15) is 0 Å². The van der Waals surface area contributed by atoms with E-state index >= 15 is 0 Å². The van der Waals surface area contributed by atoms with Gasteiger partial charge in [0.25, 0.3) is 0 Å². The fourth-order valence-corrected chi connectivity index (χ4v) is 2.45. The Morgan fingerprint density at radius 1 is 1.11 bits per heavy atom. The first-order valence-corrected chi connectivity index (χ1v) is 6.99. The predicted molar refractivity (Wildman–Crippen MR) is 81.0 cm³/mol. The zero-order chi connectivity index (χ0) is 13.8. The van der Waals surface area contributed by atoms with Crippen molar-refractivity contribution in [1.29, 1.82) is 0 Å². The molecule has 100 valence electrons. The molecule has 1 atom stereocenters. The monoisotopic (exact) mass is 314 g/mol. The molecule has 0 radical (unpaired) electrons. The molecule has 0 aliphatic rings. The molecule has 2 aromatic rings. The summed E-state index contributed by atoms with van der Waals surface area (Å²) in [6, 6.07) is 9.51. The van der Waals surface area contributed by atoms with Crippen LogP contribution in [0.2, 0.25) is 15.1 Å². The first-order valence-electron chi connectivity index (χ1n) is 5.86. The zero-order valence-electron chi connectivity index (χ0n) is 10.3. The van der Waals surface area contributed by atoms with Crippen LogP contribution >= 0.6 is 34.8 Å². The summed E-state index contributed by atoms with van der Waals surface area (Å²) in [4.78, 5) is 4.26. The number of hydrogen-bond acceptors (Lipinski definition) is 2. The Balaban J connectivity index is 2.08. The highest BCUT2D eigenvalue weighted by molar-refractivity contribution is 6.48. The normalized spacial score (nSPS) is 12.4. The summed E-state index contributed by atoms with van der Waals surface area (Å²) >= 11 is 18.2. The number of rotatable bonds is 4. The van der Waals surface area contributed by atoms with E-state index in [1.54, 1.807) is 12.3 Å². The molecule has 0 amide bonds. The van der Waals surface area contributed by atoms with Crippen LogP contribution in [-0.4, -0.2) is 4.98 Å². The van der Waals surface area contributed by atoms with E-state index in [0.717, 1.165) is 11.3 Å². The van der Waals surface area contributed by atoms with Gasteiger partial charge >= 0.3 is 0 Å². The van der Waals surface area contributed by atoms with E-state index in [2.05, 4.69) is 10.3 Å². The second-order valence-electron chi connectivity index (χ2n) is 4.19. The maximum absolute atomic E-state index is 6.20. The summed E-state index contributed by atoms with van der Waals surface area (Å²) in [5.41, 5.74) is 1.90. The molecule has 0 bridgehead atoms. The van der Waals surface area contributed by atoms with Crippen LogP contribution in [0.25, 0.3) is 0 Å². The number of hydrogen-bond donors (Lipinski definition) is 1. The van der Waals surface area contributed by atoms with Gasteiger partial charge in [-0.1, -0.05) is 46.9 Å². The summed E-state index contributed by atoms with van der Waals surface area (Å²) in [7, 11) is 0. The van der Waals surface area contributed by atoms with Crippen molar-refractivity contribution in [2.45, 2.75) is 19.5 Å². The van der Waals surface area contributed by atoms with E-state index in [9.17, 15) is 0 Å². The topological polar surface area (TPSA) is 24.9 Å². The Morgan fingerprint density at radius 2 is 1.89 bits per heavy atom. The van der Waals surface area contributed by atoms with Gasteiger partial charge in [0.15, 0.2) is 0 Å². The zero-order valence-corrected chi connectivity index (χ0v) is 12.6. The Morgan fingerprint density at radius 3 is 2.58 bits per heavy atom. The highest BCUT2D eigenvalue weighted by Gasteiger charge is 2.14. The molecule has 1 unspecified atom stereocenters. The lowest BCUT2D eigenvalue weighted by molar-refractivity contribution is 0.568. The molecule has 2 nitrogen and oxygen atoms in total. The highest BCUT2D eigenvalue weighted by Crippen LogP contribution is 2.35. The molecule has 0 aliphatic carbocycles. The average Bonchev–Trinajstić information content (AvgIpc) is 2.43. The molecule has 1 aromatic carbocycles. The molecule has 19 heavy (non-hydrogen) atoms. The van der Waals surface area contributed by atoms with E-state index in [1.807, 2.05) is 31.2 Å². The van der Waals surface area contributed by atoms with Crippen LogP contribution in [0.4, 0.5) is 0 Å². The molecule has 0 saturated carbocycles. The predicted octanol–water partition coefficient (Wildman–Crippen LogP) is 4.89. The van der Waals surface area contributed by atoms with Gasteiger partial charge in [0.05, 0.1) is 20.8 Å². The first-order chi connectivity index (χ1) is 9.09. The molecule has 1 aromatic heterocycles. The summed E-state index contributed by atoms with van der Waals surface area (Å²) < 4.78 is 0. The maximum atomic E-state index is 6.20. The number of nitrogens with one attached hydrogen (secondary N) is 1. The molecule has 1 N–H and O–H groups in total. The van der Waals surface area contributed by atoms with Crippen LogP contribution in [0, 0.1) is 0 Å². The van der Waals surface area contributed by atoms with Crippen molar-refractivity contribution in [3.05, 3.63) is 62.9 Å². The molecular weight excluding hydrogens is 303 g/mol. The quantitative estimate of drug-likeness (QED) is 0.812. The lowest BCUT2D eigenvalue weighted by Gasteiger charge is -2.16. The molecule has 0 fully saturated rings. The van der Waals surface area contributed by atoms with Crippen molar-refractivity contribution in [2.75, 3.05) is 0 Å². The summed E-state index contributed by atoms with van der Waals surface area (Å²) in [6.07, 6.45) is 1.77. The van der Waals surface area contributed by atoms with Gasteiger partial charge in [0.1, 0.15) is 0 Å².